The molecular formula is C18H27N. The van der Waals surface area contributed by atoms with E-state index in [0.29, 0.717) is 5.41 Å². The normalized spacial score (nSPS) is 24.4. The fourth-order valence-electron chi connectivity index (χ4n) is 4.27. The van der Waals surface area contributed by atoms with E-state index in [1.165, 1.54) is 49.7 Å². The molecule has 2 saturated carbocycles. The number of hydrogen-bond acceptors (Lipinski definition) is 1. The fraction of sp³-hybridized carbons (Fsp3) is 0.667. The van der Waals surface area contributed by atoms with E-state index in [9.17, 15) is 0 Å². The summed E-state index contributed by atoms with van der Waals surface area (Å²) in [6.45, 7) is 6.78. The zero-order chi connectivity index (χ0) is 13.7. The third-order valence-electron chi connectivity index (χ3n) is 5.37. The van der Waals surface area contributed by atoms with Crippen molar-refractivity contribution in [1.82, 2.24) is 0 Å². The summed E-state index contributed by atoms with van der Waals surface area (Å²) >= 11 is 0. The number of benzene rings is 1. The summed E-state index contributed by atoms with van der Waals surface area (Å²) in [5, 5.41) is 0. The Morgan fingerprint density at radius 1 is 0.947 bits per heavy atom. The van der Waals surface area contributed by atoms with Gasteiger partial charge in [0.05, 0.1) is 0 Å². The van der Waals surface area contributed by atoms with Crippen molar-refractivity contribution >= 4 is 0 Å². The van der Waals surface area contributed by atoms with Crippen LogP contribution in [-0.2, 0) is 11.0 Å². The lowest BCUT2D eigenvalue weighted by Gasteiger charge is -2.53. The Bertz CT molecular complexity index is 449. The molecule has 19 heavy (non-hydrogen) atoms. The van der Waals surface area contributed by atoms with Crippen LogP contribution < -0.4 is 5.73 Å². The first kappa shape index (κ1) is 13.2. The molecule has 0 aliphatic heterocycles. The summed E-state index contributed by atoms with van der Waals surface area (Å²) < 4.78 is 0. The van der Waals surface area contributed by atoms with Gasteiger partial charge in [-0.3, -0.25) is 0 Å². The molecule has 0 heterocycles. The van der Waals surface area contributed by atoms with Gasteiger partial charge in [-0.25, -0.2) is 0 Å². The Hall–Kier alpha value is -0.820. The Morgan fingerprint density at radius 3 is 1.95 bits per heavy atom. The standard InChI is InChI=1S/C18H27N/c1-16(2,3)14-6-8-15(9-7-14)18(19)12-17(13-18)10-4-5-11-17/h6-9H,4-5,10-13,19H2,1-3H3. The molecule has 2 aliphatic carbocycles. The smallest absolute Gasteiger partial charge is 0.0420 e. The zero-order valence-electron chi connectivity index (χ0n) is 12.6. The molecule has 1 spiro atoms. The molecule has 3 rings (SSSR count). The lowest BCUT2D eigenvalue weighted by Crippen LogP contribution is -2.54. The highest BCUT2D eigenvalue weighted by Gasteiger charge is 2.53. The fourth-order valence-corrected chi connectivity index (χ4v) is 4.27. The van der Waals surface area contributed by atoms with Gasteiger partial charge in [0.25, 0.3) is 0 Å². The highest BCUT2D eigenvalue weighted by molar-refractivity contribution is 5.34. The van der Waals surface area contributed by atoms with Gasteiger partial charge in [-0.1, -0.05) is 57.9 Å². The van der Waals surface area contributed by atoms with Crippen LogP contribution >= 0.6 is 0 Å². The largest absolute Gasteiger partial charge is 0.321 e. The van der Waals surface area contributed by atoms with Crippen molar-refractivity contribution in [3.05, 3.63) is 35.4 Å². The molecule has 0 unspecified atom stereocenters. The first-order valence-electron chi connectivity index (χ1n) is 7.73. The van der Waals surface area contributed by atoms with Crippen molar-refractivity contribution in [2.75, 3.05) is 0 Å². The molecule has 104 valence electrons. The summed E-state index contributed by atoms with van der Waals surface area (Å²) in [5.74, 6) is 0. The maximum Gasteiger partial charge on any atom is 0.0420 e. The average molecular weight is 257 g/mol. The van der Waals surface area contributed by atoms with E-state index in [2.05, 4.69) is 45.0 Å². The van der Waals surface area contributed by atoms with Crippen LogP contribution in [0.25, 0.3) is 0 Å². The van der Waals surface area contributed by atoms with Gasteiger partial charge in [-0.05, 0) is 47.6 Å². The summed E-state index contributed by atoms with van der Waals surface area (Å²) in [5.41, 5.74) is 10.2. The van der Waals surface area contributed by atoms with Crippen LogP contribution in [0, 0.1) is 5.41 Å². The van der Waals surface area contributed by atoms with Crippen LogP contribution in [0.3, 0.4) is 0 Å². The molecule has 1 aromatic carbocycles. The molecule has 2 aliphatic rings. The quantitative estimate of drug-likeness (QED) is 0.788. The van der Waals surface area contributed by atoms with Crippen LogP contribution in [0.4, 0.5) is 0 Å². The summed E-state index contributed by atoms with van der Waals surface area (Å²) in [7, 11) is 0. The minimum atomic E-state index is -0.0409. The molecule has 0 bridgehead atoms. The Kier molecular flexibility index (Phi) is 2.83. The molecule has 0 atom stereocenters. The van der Waals surface area contributed by atoms with Crippen LogP contribution in [0.5, 0.6) is 0 Å². The highest BCUT2D eigenvalue weighted by atomic mass is 14.8. The van der Waals surface area contributed by atoms with E-state index in [4.69, 9.17) is 5.73 Å². The van der Waals surface area contributed by atoms with Crippen molar-refractivity contribution in [3.63, 3.8) is 0 Å². The molecule has 1 heteroatoms. The van der Waals surface area contributed by atoms with E-state index in [1.807, 2.05) is 0 Å². The van der Waals surface area contributed by atoms with Crippen molar-refractivity contribution in [1.29, 1.82) is 0 Å². The second-order valence-electron chi connectivity index (χ2n) is 8.04. The molecule has 1 aromatic rings. The first-order chi connectivity index (χ1) is 8.83. The molecule has 1 nitrogen and oxygen atoms in total. The minimum Gasteiger partial charge on any atom is -0.321 e. The predicted octanol–water partition coefficient (Wildman–Crippen LogP) is 4.49. The van der Waals surface area contributed by atoms with Gasteiger partial charge in [-0.2, -0.15) is 0 Å². The third kappa shape index (κ3) is 2.23. The molecule has 2 fully saturated rings. The van der Waals surface area contributed by atoms with Gasteiger partial charge in [0.1, 0.15) is 0 Å². The predicted molar refractivity (Wildman–Crippen MR) is 81.1 cm³/mol. The molecule has 2 N–H and O–H groups in total. The van der Waals surface area contributed by atoms with Crippen LogP contribution in [0.1, 0.15) is 70.4 Å². The Labute approximate surface area is 117 Å². The monoisotopic (exact) mass is 257 g/mol. The minimum absolute atomic E-state index is 0.0409. The molecule has 0 aromatic heterocycles. The van der Waals surface area contributed by atoms with Crippen LogP contribution in [0.2, 0.25) is 0 Å². The maximum atomic E-state index is 6.64. The maximum absolute atomic E-state index is 6.64. The molecular weight excluding hydrogens is 230 g/mol. The van der Waals surface area contributed by atoms with Gasteiger partial charge in [0, 0.05) is 5.54 Å². The first-order valence-corrected chi connectivity index (χ1v) is 7.73. The van der Waals surface area contributed by atoms with Gasteiger partial charge < -0.3 is 5.73 Å². The van der Waals surface area contributed by atoms with E-state index < -0.39 is 0 Å². The van der Waals surface area contributed by atoms with Crippen molar-refractivity contribution < 1.29 is 0 Å². The average Bonchev–Trinajstić information content (AvgIpc) is 2.76. The van der Waals surface area contributed by atoms with E-state index in [1.54, 1.807) is 0 Å². The van der Waals surface area contributed by atoms with Gasteiger partial charge in [0.15, 0.2) is 0 Å². The zero-order valence-corrected chi connectivity index (χ0v) is 12.6. The highest BCUT2D eigenvalue weighted by Crippen LogP contribution is 2.60. The van der Waals surface area contributed by atoms with Crippen LogP contribution in [0.15, 0.2) is 24.3 Å². The Balaban J connectivity index is 1.77. The molecule has 0 saturated heterocycles. The summed E-state index contributed by atoms with van der Waals surface area (Å²) in [4.78, 5) is 0. The van der Waals surface area contributed by atoms with Gasteiger partial charge in [-0.15, -0.1) is 0 Å². The van der Waals surface area contributed by atoms with Gasteiger partial charge in [0.2, 0.25) is 0 Å². The second kappa shape index (κ2) is 4.09. The van der Waals surface area contributed by atoms with E-state index in [-0.39, 0.29) is 11.0 Å². The van der Waals surface area contributed by atoms with Crippen molar-refractivity contribution in [3.8, 4) is 0 Å². The Morgan fingerprint density at radius 2 is 1.47 bits per heavy atom. The van der Waals surface area contributed by atoms with Crippen molar-refractivity contribution in [2.24, 2.45) is 11.1 Å². The SMILES string of the molecule is CC(C)(C)c1ccc(C2(N)CC3(CCCC3)C2)cc1. The third-order valence-corrected chi connectivity index (χ3v) is 5.37. The number of rotatable bonds is 1. The second-order valence-corrected chi connectivity index (χ2v) is 8.04. The summed E-state index contributed by atoms with van der Waals surface area (Å²) in [6, 6.07) is 9.07. The number of nitrogens with two attached hydrogens (primary N) is 1. The topological polar surface area (TPSA) is 26.0 Å². The lowest BCUT2D eigenvalue weighted by molar-refractivity contribution is 0.0312. The number of hydrogen-bond donors (Lipinski definition) is 1. The van der Waals surface area contributed by atoms with Gasteiger partial charge >= 0.3 is 0 Å². The van der Waals surface area contributed by atoms with Crippen molar-refractivity contribution in [2.45, 2.75) is 70.3 Å². The van der Waals surface area contributed by atoms with E-state index >= 15 is 0 Å². The lowest BCUT2D eigenvalue weighted by atomic mass is 9.54. The van der Waals surface area contributed by atoms with E-state index in [0.717, 1.165) is 0 Å². The summed E-state index contributed by atoms with van der Waals surface area (Å²) in [6.07, 6.45) is 8.06. The van der Waals surface area contributed by atoms with Crippen LogP contribution in [-0.4, -0.2) is 0 Å². The molecule has 0 radical (unpaired) electrons. The molecule has 0 amide bonds.